The zero-order chi connectivity index (χ0) is 19.6. The van der Waals surface area contributed by atoms with Crippen molar-refractivity contribution in [3.8, 4) is 0 Å². The summed E-state index contributed by atoms with van der Waals surface area (Å²) < 4.78 is 18.7. The van der Waals surface area contributed by atoms with E-state index in [-0.39, 0.29) is 30.8 Å². The fourth-order valence-electron chi connectivity index (χ4n) is 3.31. The summed E-state index contributed by atoms with van der Waals surface area (Å²) in [5.41, 5.74) is 1.22. The van der Waals surface area contributed by atoms with Crippen molar-refractivity contribution < 1.29 is 18.7 Å². The van der Waals surface area contributed by atoms with Crippen molar-refractivity contribution in [1.29, 1.82) is 0 Å². The number of aromatic amines is 1. The molecule has 2 amide bonds. The van der Waals surface area contributed by atoms with Crippen LogP contribution >= 0.6 is 0 Å². The van der Waals surface area contributed by atoms with E-state index in [0.29, 0.717) is 42.4 Å². The van der Waals surface area contributed by atoms with Crippen molar-refractivity contribution in [2.75, 3.05) is 26.2 Å². The number of rotatable bonds is 6. The van der Waals surface area contributed by atoms with Crippen molar-refractivity contribution >= 4 is 22.8 Å². The molecule has 7 nitrogen and oxygen atoms in total. The number of ether oxygens (including phenoxy) is 1. The first-order chi connectivity index (χ1) is 12.8. The second-order valence-corrected chi connectivity index (χ2v) is 7.28. The van der Waals surface area contributed by atoms with E-state index in [0.717, 1.165) is 0 Å². The molecule has 1 aliphatic rings. The average Bonchev–Trinajstić information content (AvgIpc) is 3.00. The highest BCUT2D eigenvalue weighted by molar-refractivity contribution is 5.89. The van der Waals surface area contributed by atoms with Crippen LogP contribution in [0, 0.1) is 11.7 Å². The smallest absolute Gasteiger partial charge is 0.249 e. The number of amides is 2. The summed E-state index contributed by atoms with van der Waals surface area (Å²) in [4.78, 5) is 35.5. The van der Waals surface area contributed by atoms with E-state index < -0.39 is 6.04 Å². The molecule has 0 bridgehead atoms. The minimum absolute atomic E-state index is 0.0254. The summed E-state index contributed by atoms with van der Waals surface area (Å²) in [5, 5.41) is 0. The number of nitrogens with one attached hydrogen (secondary N) is 1. The number of piperazine rings is 1. The van der Waals surface area contributed by atoms with Crippen LogP contribution < -0.4 is 0 Å². The Balaban J connectivity index is 1.52. The van der Waals surface area contributed by atoms with E-state index in [1.807, 2.05) is 4.90 Å². The second kappa shape index (κ2) is 8.04. The van der Waals surface area contributed by atoms with Gasteiger partial charge in [0, 0.05) is 19.6 Å². The lowest BCUT2D eigenvalue weighted by molar-refractivity contribution is -0.153. The zero-order valence-electron chi connectivity index (χ0n) is 15.9. The Morgan fingerprint density at radius 1 is 1.41 bits per heavy atom. The molecule has 0 saturated carbocycles. The van der Waals surface area contributed by atoms with Gasteiger partial charge in [0.2, 0.25) is 11.8 Å². The van der Waals surface area contributed by atoms with Gasteiger partial charge in [0.1, 0.15) is 30.9 Å². The van der Waals surface area contributed by atoms with E-state index in [2.05, 4.69) is 23.8 Å². The Bertz CT molecular complexity index is 835. The summed E-state index contributed by atoms with van der Waals surface area (Å²) in [7, 11) is 0. The summed E-state index contributed by atoms with van der Waals surface area (Å²) in [6.07, 6.45) is 0. The maximum atomic E-state index is 13.2. The SMILES string of the molecule is CC(C)CN1CCN(C(=O)COCc2nc3ccc(F)cc3[nH]2)[C@@H](C)C1=O. The number of nitrogens with zero attached hydrogens (tertiary/aromatic N) is 3. The normalized spacial score (nSPS) is 18.0. The third kappa shape index (κ3) is 4.44. The van der Waals surface area contributed by atoms with Gasteiger partial charge in [-0.1, -0.05) is 13.8 Å². The van der Waals surface area contributed by atoms with Crippen molar-refractivity contribution in [2.24, 2.45) is 5.92 Å². The maximum Gasteiger partial charge on any atom is 0.249 e. The molecule has 0 spiro atoms. The number of hydrogen-bond acceptors (Lipinski definition) is 4. The lowest BCUT2D eigenvalue weighted by Crippen LogP contribution is -2.58. The molecule has 27 heavy (non-hydrogen) atoms. The molecule has 1 fully saturated rings. The van der Waals surface area contributed by atoms with Crippen LogP contribution in [0.25, 0.3) is 11.0 Å². The van der Waals surface area contributed by atoms with Gasteiger partial charge in [-0.15, -0.1) is 0 Å². The highest BCUT2D eigenvalue weighted by Crippen LogP contribution is 2.15. The second-order valence-electron chi connectivity index (χ2n) is 7.28. The summed E-state index contributed by atoms with van der Waals surface area (Å²) in [6, 6.07) is 3.80. The Morgan fingerprint density at radius 3 is 2.93 bits per heavy atom. The topological polar surface area (TPSA) is 78.5 Å². The number of halogens is 1. The van der Waals surface area contributed by atoms with Crippen LogP contribution in [0.2, 0.25) is 0 Å². The largest absolute Gasteiger partial charge is 0.364 e. The molecule has 1 aliphatic heterocycles. The molecule has 2 aromatic rings. The van der Waals surface area contributed by atoms with Crippen molar-refractivity contribution in [1.82, 2.24) is 19.8 Å². The van der Waals surface area contributed by atoms with Gasteiger partial charge in [-0.05, 0) is 31.0 Å². The standard InChI is InChI=1S/C19H25FN4O3/c1-12(2)9-23-6-7-24(13(3)19(23)26)18(25)11-27-10-17-21-15-5-4-14(20)8-16(15)22-17/h4-5,8,12-13H,6-7,9-11H2,1-3H3,(H,21,22)/t13-/m0/s1. The number of carbonyl (C=O) groups is 2. The minimum Gasteiger partial charge on any atom is -0.364 e. The molecule has 0 aliphatic carbocycles. The van der Waals surface area contributed by atoms with Crippen LogP contribution in [-0.4, -0.2) is 63.9 Å². The summed E-state index contributed by atoms with van der Waals surface area (Å²) in [6.45, 7) is 7.61. The van der Waals surface area contributed by atoms with Gasteiger partial charge in [0.15, 0.2) is 0 Å². The minimum atomic E-state index is -0.484. The molecule has 8 heteroatoms. The lowest BCUT2D eigenvalue weighted by Gasteiger charge is -2.39. The van der Waals surface area contributed by atoms with Crippen LogP contribution in [-0.2, 0) is 20.9 Å². The number of fused-ring (bicyclic) bond motifs is 1. The predicted octanol–water partition coefficient (Wildman–Crippen LogP) is 1.93. The number of imidazole rings is 1. The molecule has 1 atom stereocenters. The molecule has 1 aromatic carbocycles. The fourth-order valence-corrected chi connectivity index (χ4v) is 3.31. The zero-order valence-corrected chi connectivity index (χ0v) is 15.9. The Hall–Kier alpha value is -2.48. The van der Waals surface area contributed by atoms with E-state index in [1.54, 1.807) is 17.9 Å². The number of H-pyrrole nitrogens is 1. The fraction of sp³-hybridized carbons (Fsp3) is 0.526. The quantitative estimate of drug-likeness (QED) is 0.836. The van der Waals surface area contributed by atoms with Crippen LogP contribution in [0.4, 0.5) is 4.39 Å². The molecule has 146 valence electrons. The third-order valence-corrected chi connectivity index (χ3v) is 4.61. The molecule has 1 saturated heterocycles. The molecular weight excluding hydrogens is 351 g/mol. The summed E-state index contributed by atoms with van der Waals surface area (Å²) in [5.74, 6) is 0.326. The van der Waals surface area contributed by atoms with Gasteiger partial charge in [0.25, 0.3) is 0 Å². The first-order valence-electron chi connectivity index (χ1n) is 9.15. The lowest BCUT2D eigenvalue weighted by atomic mass is 10.1. The highest BCUT2D eigenvalue weighted by atomic mass is 19.1. The van der Waals surface area contributed by atoms with E-state index in [1.165, 1.54) is 12.1 Å². The average molecular weight is 376 g/mol. The first-order valence-corrected chi connectivity index (χ1v) is 9.15. The number of carbonyl (C=O) groups excluding carboxylic acids is 2. The molecule has 0 unspecified atom stereocenters. The van der Waals surface area contributed by atoms with Crippen LogP contribution in [0.15, 0.2) is 18.2 Å². The predicted molar refractivity (Wildman–Crippen MR) is 98.3 cm³/mol. The molecule has 3 rings (SSSR count). The van der Waals surface area contributed by atoms with Crippen LogP contribution in [0.5, 0.6) is 0 Å². The van der Waals surface area contributed by atoms with Gasteiger partial charge in [-0.25, -0.2) is 9.37 Å². The molecule has 1 aromatic heterocycles. The number of benzene rings is 1. The van der Waals surface area contributed by atoms with Gasteiger partial charge in [-0.3, -0.25) is 9.59 Å². The third-order valence-electron chi connectivity index (χ3n) is 4.61. The number of hydrogen-bond donors (Lipinski definition) is 1. The Kier molecular flexibility index (Phi) is 5.74. The van der Waals surface area contributed by atoms with E-state index in [9.17, 15) is 14.0 Å². The van der Waals surface area contributed by atoms with Gasteiger partial charge in [0.05, 0.1) is 11.0 Å². The summed E-state index contributed by atoms with van der Waals surface area (Å²) >= 11 is 0. The molecular formula is C19H25FN4O3. The Labute approximate surface area is 157 Å². The number of aromatic nitrogens is 2. The van der Waals surface area contributed by atoms with Crippen molar-refractivity contribution in [2.45, 2.75) is 33.4 Å². The van der Waals surface area contributed by atoms with Crippen molar-refractivity contribution in [3.63, 3.8) is 0 Å². The van der Waals surface area contributed by atoms with E-state index >= 15 is 0 Å². The van der Waals surface area contributed by atoms with Gasteiger partial charge in [-0.2, -0.15) is 0 Å². The van der Waals surface area contributed by atoms with Crippen LogP contribution in [0.3, 0.4) is 0 Å². The monoisotopic (exact) mass is 376 g/mol. The highest BCUT2D eigenvalue weighted by Gasteiger charge is 2.34. The molecule has 0 radical (unpaired) electrons. The van der Waals surface area contributed by atoms with Gasteiger partial charge < -0.3 is 19.5 Å². The van der Waals surface area contributed by atoms with Gasteiger partial charge >= 0.3 is 0 Å². The van der Waals surface area contributed by atoms with E-state index in [4.69, 9.17) is 4.74 Å². The maximum absolute atomic E-state index is 13.2. The van der Waals surface area contributed by atoms with Crippen molar-refractivity contribution in [3.05, 3.63) is 29.8 Å². The van der Waals surface area contributed by atoms with Crippen LogP contribution in [0.1, 0.15) is 26.6 Å². The Morgan fingerprint density at radius 2 is 2.19 bits per heavy atom. The molecule has 2 heterocycles. The molecule has 1 N–H and O–H groups in total. The first kappa shape index (κ1) is 19.3.